The number of aromatic nitrogens is 5. The maximum absolute atomic E-state index is 13.4. The molecule has 0 bridgehead atoms. The highest BCUT2D eigenvalue weighted by Gasteiger charge is 2.34. The van der Waals surface area contributed by atoms with Crippen LogP contribution in [0.1, 0.15) is 72.5 Å². The van der Waals surface area contributed by atoms with Crippen LogP contribution in [0.5, 0.6) is 0 Å². The summed E-state index contributed by atoms with van der Waals surface area (Å²) in [4.78, 5) is 17.0. The van der Waals surface area contributed by atoms with E-state index in [-0.39, 0.29) is 23.2 Å². The number of aryl methyl sites for hydroxylation is 1. The van der Waals surface area contributed by atoms with Crippen molar-refractivity contribution < 1.29 is 26.3 Å². The van der Waals surface area contributed by atoms with Crippen molar-refractivity contribution in [3.63, 3.8) is 0 Å². The van der Waals surface area contributed by atoms with E-state index in [1.165, 1.54) is 36.7 Å². The van der Waals surface area contributed by atoms with Crippen LogP contribution >= 0.6 is 0 Å². The van der Waals surface area contributed by atoms with Gasteiger partial charge < -0.3 is 0 Å². The Morgan fingerprint density at radius 3 is 2.35 bits per heavy atom. The molecule has 1 fully saturated rings. The van der Waals surface area contributed by atoms with Gasteiger partial charge in [-0.1, -0.05) is 31.4 Å². The van der Waals surface area contributed by atoms with Gasteiger partial charge >= 0.3 is 6.18 Å². The number of halogens is 6. The van der Waals surface area contributed by atoms with Gasteiger partial charge in [0.05, 0.1) is 17.8 Å². The van der Waals surface area contributed by atoms with Gasteiger partial charge in [-0.25, -0.2) is 22.5 Å². The van der Waals surface area contributed by atoms with Crippen molar-refractivity contribution in [2.45, 2.75) is 64.1 Å². The summed E-state index contributed by atoms with van der Waals surface area (Å²) in [6.07, 6.45) is -0.519. The monoisotopic (exact) mass is 563 g/mol. The fourth-order valence-corrected chi connectivity index (χ4v) is 4.62. The fourth-order valence-electron chi connectivity index (χ4n) is 4.62. The van der Waals surface area contributed by atoms with E-state index in [1.54, 1.807) is 6.07 Å². The molecule has 0 spiro atoms. The van der Waals surface area contributed by atoms with Crippen LogP contribution < -0.4 is 5.56 Å². The minimum atomic E-state index is -4.65. The SMILES string of the molecule is Cc1cccc(F)c1.O=c1c(C2CCCCC2)cc(-n2ccc(C(F)F)n2)nn1Cc1ncccc1C(F)(F)F. The molecule has 6 nitrogen and oxygen atoms in total. The molecule has 0 radical (unpaired) electrons. The lowest BCUT2D eigenvalue weighted by Gasteiger charge is -2.22. The molecule has 4 aromatic rings. The molecule has 40 heavy (non-hydrogen) atoms. The number of nitrogens with zero attached hydrogens (tertiary/aromatic N) is 5. The molecule has 1 aliphatic rings. The van der Waals surface area contributed by atoms with E-state index < -0.39 is 36.0 Å². The summed E-state index contributed by atoms with van der Waals surface area (Å²) in [5, 5.41) is 7.94. The van der Waals surface area contributed by atoms with E-state index in [0.29, 0.717) is 5.56 Å². The predicted molar refractivity (Wildman–Crippen MR) is 136 cm³/mol. The molecule has 0 amide bonds. The van der Waals surface area contributed by atoms with Gasteiger partial charge in [-0.05, 0) is 67.6 Å². The number of pyridine rings is 1. The van der Waals surface area contributed by atoms with Crippen LogP contribution in [0.25, 0.3) is 5.82 Å². The van der Waals surface area contributed by atoms with Gasteiger partial charge in [0.15, 0.2) is 5.82 Å². The zero-order valence-corrected chi connectivity index (χ0v) is 21.6. The normalized spacial score (nSPS) is 14.2. The average molecular weight is 564 g/mol. The number of hydrogen-bond acceptors (Lipinski definition) is 4. The van der Waals surface area contributed by atoms with Crippen LogP contribution in [0, 0.1) is 12.7 Å². The summed E-state index contributed by atoms with van der Waals surface area (Å²) < 4.78 is 80.4. The van der Waals surface area contributed by atoms with Crippen molar-refractivity contribution in [2.24, 2.45) is 0 Å². The Morgan fingerprint density at radius 1 is 1.00 bits per heavy atom. The standard InChI is InChI=1S/C21H20F5N5O.C7H7F/c22-19(23)16-8-10-30(28-16)18-11-14(13-5-2-1-3-6-13)20(32)31(29-18)12-17-15(21(24,25)26)7-4-9-27-17;1-6-3-2-4-7(8)5-6/h4,7-11,13,19H,1-3,5-6,12H2;2-5H,1H3. The molecule has 3 heterocycles. The zero-order valence-electron chi connectivity index (χ0n) is 21.6. The molecular formula is C28H27F6N5O. The highest BCUT2D eigenvalue weighted by molar-refractivity contribution is 5.30. The Morgan fingerprint density at radius 2 is 1.75 bits per heavy atom. The summed E-state index contributed by atoms with van der Waals surface area (Å²) in [7, 11) is 0. The molecule has 12 heteroatoms. The minimum Gasteiger partial charge on any atom is -0.267 e. The van der Waals surface area contributed by atoms with Gasteiger partial charge in [0, 0.05) is 18.0 Å². The van der Waals surface area contributed by atoms with Crippen LogP contribution in [-0.4, -0.2) is 24.5 Å². The lowest BCUT2D eigenvalue weighted by atomic mass is 9.85. The van der Waals surface area contributed by atoms with Gasteiger partial charge in [-0.3, -0.25) is 9.78 Å². The first kappa shape index (κ1) is 29.0. The Balaban J connectivity index is 0.000000398. The lowest BCUT2D eigenvalue weighted by molar-refractivity contribution is -0.138. The topological polar surface area (TPSA) is 65.6 Å². The number of benzene rings is 1. The highest BCUT2D eigenvalue weighted by atomic mass is 19.4. The van der Waals surface area contributed by atoms with Gasteiger partial charge in [0.2, 0.25) is 0 Å². The second-order valence-electron chi connectivity index (χ2n) is 9.54. The number of alkyl halides is 5. The summed E-state index contributed by atoms with van der Waals surface area (Å²) in [5.74, 6) is -0.160. The summed E-state index contributed by atoms with van der Waals surface area (Å²) in [5.41, 5.74) is -0.931. The van der Waals surface area contributed by atoms with Crippen molar-refractivity contribution in [2.75, 3.05) is 0 Å². The second-order valence-corrected chi connectivity index (χ2v) is 9.54. The van der Waals surface area contributed by atoms with Gasteiger partial charge in [-0.2, -0.15) is 18.3 Å². The average Bonchev–Trinajstić information content (AvgIpc) is 3.41. The maximum Gasteiger partial charge on any atom is 0.418 e. The van der Waals surface area contributed by atoms with Crippen LogP contribution in [0.3, 0.4) is 0 Å². The Labute approximate surface area is 226 Å². The first-order valence-electron chi connectivity index (χ1n) is 12.7. The quantitative estimate of drug-likeness (QED) is 0.245. The molecule has 0 saturated heterocycles. The smallest absolute Gasteiger partial charge is 0.267 e. The van der Waals surface area contributed by atoms with E-state index in [0.717, 1.165) is 59.2 Å². The molecule has 1 aromatic carbocycles. The molecule has 1 saturated carbocycles. The van der Waals surface area contributed by atoms with Gasteiger partial charge in [0.1, 0.15) is 11.5 Å². The van der Waals surface area contributed by atoms with Crippen LogP contribution in [0.2, 0.25) is 0 Å². The first-order chi connectivity index (χ1) is 19.0. The first-order valence-corrected chi connectivity index (χ1v) is 12.7. The van der Waals surface area contributed by atoms with E-state index >= 15 is 0 Å². The molecule has 0 unspecified atom stereocenters. The van der Waals surface area contributed by atoms with E-state index in [1.807, 2.05) is 13.0 Å². The number of hydrogen-bond donors (Lipinski definition) is 0. The van der Waals surface area contributed by atoms with E-state index in [4.69, 9.17) is 0 Å². The van der Waals surface area contributed by atoms with Crippen molar-refractivity contribution in [1.29, 1.82) is 0 Å². The third kappa shape index (κ3) is 7.16. The van der Waals surface area contributed by atoms with Crippen LogP contribution in [0.15, 0.2) is 65.7 Å². The Bertz CT molecular complexity index is 1470. The largest absolute Gasteiger partial charge is 0.418 e. The van der Waals surface area contributed by atoms with Gasteiger partial charge in [-0.15, -0.1) is 5.10 Å². The summed E-state index contributed by atoms with van der Waals surface area (Å²) in [6, 6.07) is 11.2. The second kappa shape index (κ2) is 12.5. The zero-order chi connectivity index (χ0) is 28.9. The molecule has 212 valence electrons. The minimum absolute atomic E-state index is 0.0831. The fraction of sp³-hybridized carbons (Fsp3) is 0.357. The summed E-state index contributed by atoms with van der Waals surface area (Å²) in [6.45, 7) is 1.36. The Hall–Kier alpha value is -3.96. The van der Waals surface area contributed by atoms with Crippen LogP contribution in [0.4, 0.5) is 26.3 Å². The third-order valence-corrected chi connectivity index (χ3v) is 6.58. The molecule has 5 rings (SSSR count). The van der Waals surface area contributed by atoms with Crippen molar-refractivity contribution in [3.8, 4) is 5.82 Å². The lowest BCUT2D eigenvalue weighted by Crippen LogP contribution is -2.31. The van der Waals surface area contributed by atoms with Crippen molar-refractivity contribution in [1.82, 2.24) is 24.5 Å². The van der Waals surface area contributed by atoms with Crippen molar-refractivity contribution >= 4 is 0 Å². The summed E-state index contributed by atoms with van der Waals surface area (Å²) >= 11 is 0. The van der Waals surface area contributed by atoms with E-state index in [2.05, 4.69) is 15.2 Å². The predicted octanol–water partition coefficient (Wildman–Crippen LogP) is 7.01. The molecule has 0 atom stereocenters. The maximum atomic E-state index is 13.4. The van der Waals surface area contributed by atoms with Crippen molar-refractivity contribution in [3.05, 3.63) is 105 Å². The molecule has 1 aliphatic carbocycles. The molecule has 0 N–H and O–H groups in total. The van der Waals surface area contributed by atoms with Crippen LogP contribution in [-0.2, 0) is 12.7 Å². The highest BCUT2D eigenvalue weighted by Crippen LogP contribution is 2.33. The Kier molecular flexibility index (Phi) is 9.06. The molecular weight excluding hydrogens is 536 g/mol. The van der Waals surface area contributed by atoms with Gasteiger partial charge in [0.25, 0.3) is 12.0 Å². The third-order valence-electron chi connectivity index (χ3n) is 6.58. The molecule has 3 aromatic heterocycles. The molecule has 0 aliphatic heterocycles. The number of rotatable bonds is 5. The van der Waals surface area contributed by atoms with E-state index in [9.17, 15) is 31.1 Å².